The molecule has 0 saturated heterocycles. The lowest BCUT2D eigenvalue weighted by Gasteiger charge is -2.15. The second-order valence-corrected chi connectivity index (χ2v) is 5.96. The van der Waals surface area contributed by atoms with Crippen molar-refractivity contribution in [3.8, 4) is 5.75 Å². The van der Waals surface area contributed by atoms with Crippen molar-refractivity contribution in [2.24, 2.45) is 0 Å². The van der Waals surface area contributed by atoms with Crippen LogP contribution in [0.25, 0.3) is 0 Å². The minimum Gasteiger partial charge on any atom is -0.493 e. The number of hydrogen-bond donors (Lipinski definition) is 1. The van der Waals surface area contributed by atoms with Crippen LogP contribution in [0.1, 0.15) is 29.7 Å². The molecule has 0 bridgehead atoms. The van der Waals surface area contributed by atoms with Crippen molar-refractivity contribution in [2.45, 2.75) is 25.9 Å². The van der Waals surface area contributed by atoms with E-state index in [2.05, 4.69) is 51.4 Å². The van der Waals surface area contributed by atoms with Crippen molar-refractivity contribution in [1.82, 2.24) is 10.3 Å². The average molecular weight is 333 g/mol. The molecule has 3 rings (SSSR count). The van der Waals surface area contributed by atoms with E-state index in [1.165, 1.54) is 16.7 Å². The van der Waals surface area contributed by atoms with E-state index in [-0.39, 0.29) is 6.04 Å². The van der Waals surface area contributed by atoms with Gasteiger partial charge in [0, 0.05) is 41.4 Å². The first kappa shape index (κ1) is 13.6. The predicted molar refractivity (Wildman–Crippen MR) is 82.8 cm³/mol. The smallest absolute Gasteiger partial charge is 0.127 e. The molecular formula is C16H17BrN2O. The Bertz CT molecular complexity index is 601. The van der Waals surface area contributed by atoms with Gasteiger partial charge in [-0.2, -0.15) is 0 Å². The molecule has 1 aliphatic rings. The zero-order chi connectivity index (χ0) is 13.9. The van der Waals surface area contributed by atoms with Crippen LogP contribution in [-0.2, 0) is 13.0 Å². The van der Waals surface area contributed by atoms with Crippen LogP contribution in [-0.4, -0.2) is 11.6 Å². The molecule has 1 atom stereocenters. The number of rotatable bonds is 4. The number of halogens is 1. The molecule has 2 aromatic rings. The van der Waals surface area contributed by atoms with Gasteiger partial charge in [-0.15, -0.1) is 0 Å². The summed E-state index contributed by atoms with van der Waals surface area (Å²) in [5.74, 6) is 1.05. The van der Waals surface area contributed by atoms with Gasteiger partial charge in [0.25, 0.3) is 0 Å². The van der Waals surface area contributed by atoms with Crippen LogP contribution in [0.3, 0.4) is 0 Å². The summed E-state index contributed by atoms with van der Waals surface area (Å²) in [5, 5.41) is 3.53. The third-order valence-electron chi connectivity index (χ3n) is 3.61. The van der Waals surface area contributed by atoms with E-state index < -0.39 is 0 Å². The highest BCUT2D eigenvalue weighted by molar-refractivity contribution is 9.10. The van der Waals surface area contributed by atoms with Crippen LogP contribution in [0, 0.1) is 0 Å². The Morgan fingerprint density at radius 1 is 1.45 bits per heavy atom. The van der Waals surface area contributed by atoms with Crippen molar-refractivity contribution < 1.29 is 4.74 Å². The molecule has 2 heterocycles. The SMILES string of the molecule is C[C@@H](NCc1cc(Br)cc2c1OCC2)c1cccnc1. The van der Waals surface area contributed by atoms with Crippen molar-refractivity contribution in [1.29, 1.82) is 0 Å². The van der Waals surface area contributed by atoms with E-state index >= 15 is 0 Å². The van der Waals surface area contributed by atoms with E-state index in [1.807, 2.05) is 12.3 Å². The van der Waals surface area contributed by atoms with E-state index in [0.717, 1.165) is 29.8 Å². The Morgan fingerprint density at radius 3 is 3.15 bits per heavy atom. The van der Waals surface area contributed by atoms with Crippen molar-refractivity contribution >= 4 is 15.9 Å². The van der Waals surface area contributed by atoms with E-state index in [9.17, 15) is 0 Å². The zero-order valence-electron chi connectivity index (χ0n) is 11.4. The van der Waals surface area contributed by atoms with E-state index in [4.69, 9.17) is 4.74 Å². The number of nitrogens with one attached hydrogen (secondary N) is 1. The van der Waals surface area contributed by atoms with Gasteiger partial charge in [0.2, 0.25) is 0 Å². The lowest BCUT2D eigenvalue weighted by atomic mass is 10.1. The molecule has 0 fully saturated rings. The second kappa shape index (κ2) is 5.94. The first-order chi connectivity index (χ1) is 9.74. The average Bonchev–Trinajstić information content (AvgIpc) is 2.93. The summed E-state index contributed by atoms with van der Waals surface area (Å²) in [6, 6.07) is 8.60. The topological polar surface area (TPSA) is 34.1 Å². The number of nitrogens with zero attached hydrogens (tertiary/aromatic N) is 1. The number of ether oxygens (including phenoxy) is 1. The molecule has 0 radical (unpaired) electrons. The molecule has 0 unspecified atom stereocenters. The highest BCUT2D eigenvalue weighted by Gasteiger charge is 2.17. The van der Waals surface area contributed by atoms with Crippen LogP contribution in [0.2, 0.25) is 0 Å². The van der Waals surface area contributed by atoms with Crippen molar-refractivity contribution in [2.75, 3.05) is 6.61 Å². The molecule has 0 saturated carbocycles. The lowest BCUT2D eigenvalue weighted by molar-refractivity contribution is 0.351. The first-order valence-corrected chi connectivity index (χ1v) is 7.61. The maximum Gasteiger partial charge on any atom is 0.127 e. The summed E-state index contributed by atoms with van der Waals surface area (Å²) in [4.78, 5) is 4.16. The van der Waals surface area contributed by atoms with Gasteiger partial charge in [0.15, 0.2) is 0 Å². The van der Waals surface area contributed by atoms with Crippen LogP contribution in [0.4, 0.5) is 0 Å². The Balaban J connectivity index is 1.73. The summed E-state index contributed by atoms with van der Waals surface area (Å²) in [6.45, 7) is 3.73. The Labute approximate surface area is 127 Å². The maximum absolute atomic E-state index is 5.75. The van der Waals surface area contributed by atoms with Crippen LogP contribution in [0.5, 0.6) is 5.75 Å². The monoisotopic (exact) mass is 332 g/mol. The fourth-order valence-corrected chi connectivity index (χ4v) is 3.04. The quantitative estimate of drug-likeness (QED) is 0.928. The minimum absolute atomic E-state index is 0.264. The fraction of sp³-hybridized carbons (Fsp3) is 0.312. The largest absolute Gasteiger partial charge is 0.493 e. The molecule has 0 spiro atoms. The zero-order valence-corrected chi connectivity index (χ0v) is 13.0. The molecule has 20 heavy (non-hydrogen) atoms. The van der Waals surface area contributed by atoms with Gasteiger partial charge in [0.1, 0.15) is 5.75 Å². The molecule has 1 aromatic heterocycles. The third-order valence-corrected chi connectivity index (χ3v) is 4.07. The Kier molecular flexibility index (Phi) is 4.03. The second-order valence-electron chi connectivity index (χ2n) is 5.04. The third kappa shape index (κ3) is 2.86. The first-order valence-electron chi connectivity index (χ1n) is 6.81. The molecule has 1 aromatic carbocycles. The molecule has 3 nitrogen and oxygen atoms in total. The highest BCUT2D eigenvalue weighted by atomic mass is 79.9. The molecule has 4 heteroatoms. The Morgan fingerprint density at radius 2 is 2.35 bits per heavy atom. The summed E-state index contributed by atoms with van der Waals surface area (Å²) in [7, 11) is 0. The Hall–Kier alpha value is -1.39. The molecule has 0 aliphatic carbocycles. The van der Waals surface area contributed by atoms with Gasteiger partial charge in [-0.3, -0.25) is 4.98 Å². The summed E-state index contributed by atoms with van der Waals surface area (Å²) in [5.41, 5.74) is 3.70. The van der Waals surface area contributed by atoms with Crippen LogP contribution < -0.4 is 10.1 Å². The van der Waals surface area contributed by atoms with Gasteiger partial charge in [-0.05, 0) is 36.2 Å². The molecular weight excluding hydrogens is 316 g/mol. The fourth-order valence-electron chi connectivity index (χ4n) is 2.49. The molecule has 1 N–H and O–H groups in total. The van der Waals surface area contributed by atoms with Crippen LogP contribution >= 0.6 is 15.9 Å². The lowest BCUT2D eigenvalue weighted by Crippen LogP contribution is -2.18. The molecule has 0 amide bonds. The van der Waals surface area contributed by atoms with Crippen molar-refractivity contribution in [3.05, 3.63) is 57.8 Å². The van der Waals surface area contributed by atoms with Gasteiger partial charge < -0.3 is 10.1 Å². The number of hydrogen-bond acceptors (Lipinski definition) is 3. The molecule has 1 aliphatic heterocycles. The van der Waals surface area contributed by atoms with Gasteiger partial charge in [-0.25, -0.2) is 0 Å². The van der Waals surface area contributed by atoms with E-state index in [0.29, 0.717) is 0 Å². The number of pyridine rings is 1. The van der Waals surface area contributed by atoms with Gasteiger partial charge >= 0.3 is 0 Å². The molecule has 104 valence electrons. The minimum atomic E-state index is 0.264. The normalized spacial score (nSPS) is 14.7. The highest BCUT2D eigenvalue weighted by Crippen LogP contribution is 2.33. The van der Waals surface area contributed by atoms with E-state index in [1.54, 1.807) is 6.20 Å². The standard InChI is InChI=1S/C16H17BrN2O/c1-11(13-3-2-5-18-9-13)19-10-14-8-15(17)7-12-4-6-20-16(12)14/h2-3,5,7-9,11,19H,4,6,10H2,1H3/t11-/m1/s1. The number of fused-ring (bicyclic) bond motifs is 1. The van der Waals surface area contributed by atoms with Crippen LogP contribution in [0.15, 0.2) is 41.1 Å². The maximum atomic E-state index is 5.75. The number of aromatic nitrogens is 1. The summed E-state index contributed by atoms with van der Waals surface area (Å²) < 4.78 is 6.87. The predicted octanol–water partition coefficient (Wildman–Crippen LogP) is 3.63. The number of benzene rings is 1. The van der Waals surface area contributed by atoms with Gasteiger partial charge in [0.05, 0.1) is 6.61 Å². The summed E-state index contributed by atoms with van der Waals surface area (Å²) in [6.07, 6.45) is 4.70. The summed E-state index contributed by atoms with van der Waals surface area (Å²) >= 11 is 3.57. The van der Waals surface area contributed by atoms with Crippen molar-refractivity contribution in [3.63, 3.8) is 0 Å². The van der Waals surface area contributed by atoms with Gasteiger partial charge in [-0.1, -0.05) is 22.0 Å².